The highest BCUT2D eigenvalue weighted by Crippen LogP contribution is 2.37. The monoisotopic (exact) mass is 1030 g/mol. The Labute approximate surface area is 423 Å². The number of imidazole rings is 1. The summed E-state index contributed by atoms with van der Waals surface area (Å²) in [4.78, 5) is 127. The maximum absolute atomic E-state index is 14.6. The number of carbonyl (C=O) groups excluding carboxylic acids is 8. The Morgan fingerprint density at radius 2 is 1.58 bits per heavy atom. The Morgan fingerprint density at radius 1 is 0.904 bits per heavy atom. The summed E-state index contributed by atoms with van der Waals surface area (Å²) >= 11 is 0. The van der Waals surface area contributed by atoms with E-state index in [-0.39, 0.29) is 91.7 Å². The van der Waals surface area contributed by atoms with Crippen molar-refractivity contribution in [3.8, 4) is 0 Å². The molecule has 0 radical (unpaired) electrons. The lowest BCUT2D eigenvalue weighted by atomic mass is 9.77. The summed E-state index contributed by atoms with van der Waals surface area (Å²) in [6.45, 7) is 9.23. The van der Waals surface area contributed by atoms with E-state index >= 15 is 0 Å². The van der Waals surface area contributed by atoms with Crippen molar-refractivity contribution in [3.05, 3.63) is 76.2 Å². The molecule has 1 unspecified atom stereocenters. The number of hydrogen-bond donors (Lipinski definition) is 4. The molecule has 2 aromatic carbocycles. The third-order valence-electron chi connectivity index (χ3n) is 14.2. The van der Waals surface area contributed by atoms with Gasteiger partial charge in [-0.15, -0.1) is 0 Å². The van der Waals surface area contributed by atoms with Crippen molar-refractivity contribution in [2.75, 3.05) is 19.3 Å². The quantitative estimate of drug-likeness (QED) is 0.134. The van der Waals surface area contributed by atoms with E-state index in [0.29, 0.717) is 61.5 Å². The largest absolute Gasteiger partial charge is 0.442 e. The minimum absolute atomic E-state index is 0.0195. The summed E-state index contributed by atoms with van der Waals surface area (Å²) in [5, 5.41) is 7.75. The van der Waals surface area contributed by atoms with Gasteiger partial charge in [-0.2, -0.15) is 4.99 Å². The third kappa shape index (κ3) is 12.8. The van der Waals surface area contributed by atoms with Crippen LogP contribution in [0.4, 0.5) is 4.79 Å². The van der Waals surface area contributed by atoms with Crippen molar-refractivity contribution in [3.63, 3.8) is 0 Å². The minimum Gasteiger partial charge on any atom is -0.442 e. The van der Waals surface area contributed by atoms with Crippen LogP contribution < -0.4 is 27.4 Å². The zero-order chi connectivity index (χ0) is 53.1. The first-order valence-electron chi connectivity index (χ1n) is 24.7. The summed E-state index contributed by atoms with van der Waals surface area (Å²) in [6, 6.07) is 7.89. The first kappa shape index (κ1) is 53.8. The van der Waals surface area contributed by atoms with Gasteiger partial charge in [0.1, 0.15) is 29.4 Å². The Kier molecular flexibility index (Phi) is 16.2. The predicted octanol–water partition coefficient (Wildman–Crippen LogP) is 2.66. The molecule has 22 heteroatoms. The number of fused-ring (bicyclic) bond motifs is 2. The molecule has 392 valence electrons. The van der Waals surface area contributed by atoms with E-state index in [2.05, 4.69) is 27.5 Å². The molecule has 1 aromatic heterocycles. The van der Waals surface area contributed by atoms with Gasteiger partial charge in [0.25, 0.3) is 5.91 Å². The number of rotatable bonds is 14. The van der Waals surface area contributed by atoms with E-state index in [9.17, 15) is 51.6 Å². The highest BCUT2D eigenvalue weighted by Gasteiger charge is 2.46. The molecule has 3 aromatic rings. The number of aliphatic imine (C=N–C) groups is 1. The van der Waals surface area contributed by atoms with Gasteiger partial charge in [-0.25, -0.2) is 18.0 Å². The summed E-state index contributed by atoms with van der Waals surface area (Å²) in [6.07, 6.45) is 3.89. The number of sulfone groups is 1. The van der Waals surface area contributed by atoms with Crippen molar-refractivity contribution in [2.45, 2.75) is 139 Å². The Hall–Kier alpha value is -6.97. The first-order chi connectivity index (χ1) is 34.4. The number of benzene rings is 2. The van der Waals surface area contributed by atoms with Crippen LogP contribution in [0.15, 0.2) is 69.3 Å². The van der Waals surface area contributed by atoms with Crippen LogP contribution in [0.25, 0.3) is 11.0 Å². The number of hydrogen-bond acceptors (Lipinski definition) is 12. The minimum atomic E-state index is -3.44. The first-order valence-corrected chi connectivity index (χ1v) is 26.6. The van der Waals surface area contributed by atoms with Crippen LogP contribution >= 0.6 is 0 Å². The number of piperidine rings is 1. The Balaban J connectivity index is 1.01. The number of carbonyl (C=O) groups is 8. The van der Waals surface area contributed by atoms with Crippen LogP contribution in [0.3, 0.4) is 0 Å². The van der Waals surface area contributed by atoms with E-state index in [1.54, 1.807) is 44.9 Å². The van der Waals surface area contributed by atoms with Gasteiger partial charge in [0, 0.05) is 51.2 Å². The Morgan fingerprint density at radius 3 is 2.22 bits per heavy atom. The average Bonchev–Trinajstić information content (AvgIpc) is 3.85. The molecular weight excluding hydrogens is 963 g/mol. The summed E-state index contributed by atoms with van der Waals surface area (Å²) < 4.78 is 32.2. The van der Waals surface area contributed by atoms with Crippen molar-refractivity contribution >= 4 is 74.0 Å². The van der Waals surface area contributed by atoms with Crippen molar-refractivity contribution in [1.29, 1.82) is 0 Å². The van der Waals surface area contributed by atoms with E-state index in [0.717, 1.165) is 17.4 Å². The fourth-order valence-corrected chi connectivity index (χ4v) is 11.0. The second-order valence-electron chi connectivity index (χ2n) is 20.6. The molecule has 0 bridgehead atoms. The van der Waals surface area contributed by atoms with Crippen molar-refractivity contribution in [2.24, 2.45) is 29.6 Å². The van der Waals surface area contributed by atoms with Crippen LogP contribution in [0.5, 0.6) is 0 Å². The SMILES string of the molecule is C=C(Cc1ccc2c(c1)n(C)c(=O)n2C1CCC(=O)NC1=O)C1CCC(C(=O)N2CC[C@H]3CC[C@@H](C(=O)N[C@@H](CCC(N)=O)C(=O)NCc4ccc(S(C)(=O)=O)cc4)N3C(=O)/C(=N\C(=O)OC(C)(C)C)C2)CC1. The second kappa shape index (κ2) is 22.0. The molecule has 7 rings (SSSR count). The standard InChI is InChI=1S/C51H65N9O12S/c1-29(25-31-9-18-38-41(26-31)57(5)50(69)60(38)40-20-22-43(62)56-46(40)65)32-10-12-33(13-11-32)47(66)58-24-23-34-14-19-39(59(34)48(67)37(28-58)55-49(68)72-51(2,3)4)45(64)54-36(17-21-42(52)61)44(63)53-27-30-7-15-35(16-8-30)73(6,70)71/h7-9,15-16,18,26,32-34,36,39-40H,1,10-14,17,19-25,27-28H2,2-6H3,(H2,52,61)(H,53,63)(H,54,64)(H,56,62,65)/b55-37-/t32?,33?,34-,36+,39+,40?/m1/s1. The van der Waals surface area contributed by atoms with Gasteiger partial charge in [0.05, 0.1) is 22.5 Å². The maximum atomic E-state index is 14.6. The number of nitrogens with two attached hydrogens (primary N) is 1. The van der Waals surface area contributed by atoms with E-state index < -0.39 is 75.2 Å². The number of imide groups is 1. The molecule has 3 saturated heterocycles. The summed E-state index contributed by atoms with van der Waals surface area (Å²) in [5.74, 6) is -4.07. The number of nitrogens with zero attached hydrogens (tertiary/aromatic N) is 5. The van der Waals surface area contributed by atoms with E-state index in [4.69, 9.17) is 10.5 Å². The molecule has 5 N–H and O–H groups in total. The van der Waals surface area contributed by atoms with Gasteiger partial charge >= 0.3 is 11.8 Å². The lowest BCUT2D eigenvalue weighted by Crippen LogP contribution is -2.58. The molecular formula is C51H65N9O12S. The highest BCUT2D eigenvalue weighted by molar-refractivity contribution is 7.90. The molecule has 0 spiro atoms. The van der Waals surface area contributed by atoms with Crippen LogP contribution in [-0.2, 0) is 68.1 Å². The number of aryl methyl sites for hydroxylation is 1. The molecule has 21 nitrogen and oxygen atoms in total. The van der Waals surface area contributed by atoms with E-state index in [1.807, 2.05) is 18.2 Å². The maximum Gasteiger partial charge on any atom is 0.434 e. The Bertz CT molecular complexity index is 2930. The lowest BCUT2D eigenvalue weighted by molar-refractivity contribution is -0.140. The molecule has 8 amide bonds. The molecule has 4 atom stereocenters. The van der Waals surface area contributed by atoms with Crippen LogP contribution in [0.1, 0.15) is 109 Å². The highest BCUT2D eigenvalue weighted by atomic mass is 32.2. The van der Waals surface area contributed by atoms with Crippen molar-refractivity contribution < 1.29 is 51.5 Å². The summed E-state index contributed by atoms with van der Waals surface area (Å²) in [5.41, 5.74) is 7.54. The van der Waals surface area contributed by atoms with Crippen LogP contribution in [-0.4, -0.2) is 124 Å². The van der Waals surface area contributed by atoms with Crippen LogP contribution in [0, 0.1) is 11.8 Å². The smallest absolute Gasteiger partial charge is 0.434 e. The van der Waals surface area contributed by atoms with Gasteiger partial charge < -0.3 is 30.9 Å². The predicted molar refractivity (Wildman–Crippen MR) is 267 cm³/mol. The zero-order valence-corrected chi connectivity index (χ0v) is 42.8. The molecule has 4 aliphatic rings. The molecule has 4 fully saturated rings. The van der Waals surface area contributed by atoms with Crippen molar-refractivity contribution in [1.82, 2.24) is 34.9 Å². The van der Waals surface area contributed by atoms with Gasteiger partial charge in [-0.3, -0.25) is 48.0 Å². The molecule has 4 heterocycles. The van der Waals surface area contributed by atoms with Gasteiger partial charge in [0.2, 0.25) is 35.4 Å². The number of aromatic nitrogens is 2. The van der Waals surface area contributed by atoms with E-state index in [1.165, 1.54) is 26.2 Å². The average molecular weight is 1030 g/mol. The second-order valence-corrected chi connectivity index (χ2v) is 22.6. The summed E-state index contributed by atoms with van der Waals surface area (Å²) in [7, 11) is -1.80. The molecule has 3 aliphatic heterocycles. The number of primary amides is 1. The third-order valence-corrected chi connectivity index (χ3v) is 15.3. The number of nitrogens with one attached hydrogen (secondary N) is 3. The van der Waals surface area contributed by atoms with Gasteiger partial charge in [-0.1, -0.05) is 30.4 Å². The molecule has 1 saturated carbocycles. The topological polar surface area (TPSA) is 288 Å². The number of allylic oxidation sites excluding steroid dienone is 1. The number of ether oxygens (including phenoxy) is 1. The zero-order valence-electron chi connectivity index (χ0n) is 41.9. The number of amides is 8. The normalized spacial score (nSPS) is 22.7. The molecule has 1 aliphatic carbocycles. The van der Waals surface area contributed by atoms with Gasteiger partial charge in [-0.05, 0) is 126 Å². The lowest BCUT2D eigenvalue weighted by Gasteiger charge is -2.38. The molecule has 73 heavy (non-hydrogen) atoms. The fraction of sp³-hybridized carbons (Fsp3) is 0.529. The van der Waals surface area contributed by atoms with Gasteiger partial charge in [0.15, 0.2) is 9.84 Å². The van der Waals surface area contributed by atoms with Crippen LogP contribution in [0.2, 0.25) is 0 Å². The fourth-order valence-electron chi connectivity index (χ4n) is 10.3.